The summed E-state index contributed by atoms with van der Waals surface area (Å²) >= 11 is 0. The van der Waals surface area contributed by atoms with Gasteiger partial charge in [-0.15, -0.1) is 0 Å². The molecule has 0 amide bonds. The zero-order valence-electron chi connectivity index (χ0n) is 18.6. The molecule has 7 heteroatoms. The van der Waals surface area contributed by atoms with Crippen molar-refractivity contribution in [3.8, 4) is 28.1 Å². The van der Waals surface area contributed by atoms with Crippen molar-refractivity contribution in [2.24, 2.45) is 0 Å². The second-order valence-electron chi connectivity index (χ2n) is 7.71. The van der Waals surface area contributed by atoms with Crippen molar-refractivity contribution in [2.45, 2.75) is 13.2 Å². The topological polar surface area (TPSA) is 79.1 Å². The Morgan fingerprint density at radius 2 is 1.71 bits per heavy atom. The lowest BCUT2D eigenvalue weighted by Gasteiger charge is -2.08. The molecule has 0 radical (unpaired) electrons. The van der Waals surface area contributed by atoms with Crippen LogP contribution in [0.1, 0.15) is 5.69 Å². The van der Waals surface area contributed by atoms with Crippen molar-refractivity contribution >= 4 is 16.9 Å². The molecule has 0 fully saturated rings. The number of pyridine rings is 2. The molecule has 0 atom stereocenters. The van der Waals surface area contributed by atoms with Crippen molar-refractivity contribution in [3.05, 3.63) is 97.1 Å². The van der Waals surface area contributed by atoms with Crippen molar-refractivity contribution in [1.82, 2.24) is 19.7 Å². The summed E-state index contributed by atoms with van der Waals surface area (Å²) in [6, 6.07) is 23.6. The Labute approximate surface area is 196 Å². The summed E-state index contributed by atoms with van der Waals surface area (Å²) in [5.41, 5.74) is 5.35. The number of fused-ring (bicyclic) bond motifs is 1. The van der Waals surface area contributed by atoms with E-state index in [4.69, 9.17) is 9.47 Å². The minimum absolute atomic E-state index is 0.0362. The van der Waals surface area contributed by atoms with Gasteiger partial charge in [-0.1, -0.05) is 24.3 Å². The first-order chi connectivity index (χ1) is 16.7. The van der Waals surface area contributed by atoms with Crippen LogP contribution in [0.25, 0.3) is 33.3 Å². The Bertz CT molecular complexity index is 1430. The monoisotopic (exact) mass is 450 g/mol. The Morgan fingerprint density at radius 1 is 0.912 bits per heavy atom. The number of para-hydroxylation sites is 1. The van der Waals surface area contributed by atoms with Crippen LogP contribution in [0.5, 0.6) is 5.75 Å². The van der Waals surface area contributed by atoms with Gasteiger partial charge in [-0.25, -0.2) is 4.98 Å². The fourth-order valence-corrected chi connectivity index (χ4v) is 3.71. The van der Waals surface area contributed by atoms with E-state index in [1.807, 2.05) is 72.9 Å². The first kappa shape index (κ1) is 21.3. The molecule has 0 aliphatic rings. The van der Waals surface area contributed by atoms with Gasteiger partial charge < -0.3 is 9.47 Å². The number of ether oxygens (including phenoxy) is 2. The number of aromatic nitrogens is 4. The normalized spacial score (nSPS) is 10.9. The number of methoxy groups -OCH3 is 1. The van der Waals surface area contributed by atoms with Gasteiger partial charge in [-0.2, -0.15) is 5.10 Å². The van der Waals surface area contributed by atoms with Crippen LogP contribution in [-0.2, 0) is 22.7 Å². The fraction of sp³-hybridized carbons (Fsp3) is 0.111. The highest BCUT2D eigenvalue weighted by molar-refractivity contribution is 5.81. The molecule has 3 heterocycles. The summed E-state index contributed by atoms with van der Waals surface area (Å²) in [7, 11) is 1.36. The fourth-order valence-electron chi connectivity index (χ4n) is 3.71. The van der Waals surface area contributed by atoms with Crippen LogP contribution in [0.3, 0.4) is 0 Å². The lowest BCUT2D eigenvalue weighted by Crippen LogP contribution is -2.11. The number of rotatable bonds is 7. The van der Waals surface area contributed by atoms with Crippen molar-refractivity contribution in [3.63, 3.8) is 0 Å². The predicted molar refractivity (Wildman–Crippen MR) is 129 cm³/mol. The molecule has 34 heavy (non-hydrogen) atoms. The second-order valence-corrected chi connectivity index (χ2v) is 7.71. The zero-order valence-corrected chi connectivity index (χ0v) is 18.6. The third kappa shape index (κ3) is 4.63. The summed E-state index contributed by atoms with van der Waals surface area (Å²) in [5.74, 6) is 0.375. The SMILES string of the molecule is COC(=O)Cn1cc(-c2ccncc2)c(-c2ccc(OCc3ccc4ccccc4n3)cc2)n1. The van der Waals surface area contributed by atoms with E-state index in [1.165, 1.54) is 7.11 Å². The number of esters is 1. The average Bonchev–Trinajstić information content (AvgIpc) is 3.31. The molecule has 5 rings (SSSR count). The molecule has 0 aliphatic carbocycles. The number of nitrogens with zero attached hydrogens (tertiary/aromatic N) is 4. The Kier molecular flexibility index (Phi) is 5.99. The molecule has 168 valence electrons. The molecule has 0 aliphatic heterocycles. The number of hydrogen-bond acceptors (Lipinski definition) is 6. The average molecular weight is 450 g/mol. The van der Waals surface area contributed by atoms with E-state index in [-0.39, 0.29) is 12.5 Å². The van der Waals surface area contributed by atoms with Crippen molar-refractivity contribution in [1.29, 1.82) is 0 Å². The van der Waals surface area contributed by atoms with Gasteiger partial charge in [0, 0.05) is 35.1 Å². The molecule has 7 nitrogen and oxygen atoms in total. The first-order valence-electron chi connectivity index (χ1n) is 10.8. The maximum absolute atomic E-state index is 11.8. The maximum atomic E-state index is 11.8. The van der Waals surface area contributed by atoms with Gasteiger partial charge in [0.25, 0.3) is 0 Å². The number of benzene rings is 2. The number of hydrogen-bond donors (Lipinski definition) is 0. The van der Waals surface area contributed by atoms with Crippen LogP contribution in [0.2, 0.25) is 0 Å². The Morgan fingerprint density at radius 3 is 2.50 bits per heavy atom. The summed E-state index contributed by atoms with van der Waals surface area (Å²) in [6.07, 6.45) is 5.31. The minimum Gasteiger partial charge on any atom is -0.487 e. The van der Waals surface area contributed by atoms with Gasteiger partial charge in [0.1, 0.15) is 24.6 Å². The van der Waals surface area contributed by atoms with Crippen molar-refractivity contribution in [2.75, 3.05) is 7.11 Å². The molecular weight excluding hydrogens is 428 g/mol. The molecule has 3 aromatic heterocycles. The molecule has 0 N–H and O–H groups in total. The van der Waals surface area contributed by atoms with Gasteiger partial charge in [0.05, 0.1) is 18.3 Å². The highest BCUT2D eigenvalue weighted by Gasteiger charge is 2.15. The molecule has 0 spiro atoms. The number of carbonyl (C=O) groups is 1. The molecule has 2 aromatic carbocycles. The van der Waals surface area contributed by atoms with E-state index in [2.05, 4.69) is 21.1 Å². The predicted octanol–water partition coefficient (Wildman–Crippen LogP) is 4.91. The van der Waals surface area contributed by atoms with Gasteiger partial charge >= 0.3 is 5.97 Å². The molecule has 0 unspecified atom stereocenters. The summed E-state index contributed by atoms with van der Waals surface area (Å²) in [6.45, 7) is 0.411. The standard InChI is InChI=1S/C27H22N4O3/c1-33-26(32)17-31-16-24(19-12-14-28-15-13-19)27(30-31)21-7-10-23(11-8-21)34-18-22-9-6-20-4-2-3-5-25(20)29-22/h2-16H,17-18H2,1H3. The summed E-state index contributed by atoms with van der Waals surface area (Å²) < 4.78 is 12.3. The van der Waals surface area contributed by atoms with Crippen LogP contribution in [-0.4, -0.2) is 32.8 Å². The van der Waals surface area contributed by atoms with Gasteiger partial charge in [-0.05, 0) is 54.1 Å². The lowest BCUT2D eigenvalue weighted by atomic mass is 10.0. The van der Waals surface area contributed by atoms with Crippen LogP contribution in [0.15, 0.2) is 91.4 Å². The molecule has 5 aromatic rings. The van der Waals surface area contributed by atoms with E-state index < -0.39 is 0 Å². The number of carbonyl (C=O) groups excluding carboxylic acids is 1. The highest BCUT2D eigenvalue weighted by atomic mass is 16.5. The Hall–Kier alpha value is -4.52. The van der Waals surface area contributed by atoms with E-state index in [9.17, 15) is 4.79 Å². The highest BCUT2D eigenvalue weighted by Crippen LogP contribution is 2.32. The molecule has 0 bridgehead atoms. The second kappa shape index (κ2) is 9.54. The van der Waals surface area contributed by atoms with E-state index in [1.54, 1.807) is 17.1 Å². The van der Waals surface area contributed by atoms with Crippen LogP contribution < -0.4 is 4.74 Å². The minimum atomic E-state index is -0.360. The maximum Gasteiger partial charge on any atom is 0.327 e. The molecular formula is C27H22N4O3. The first-order valence-corrected chi connectivity index (χ1v) is 10.8. The van der Waals surface area contributed by atoms with E-state index in [0.29, 0.717) is 6.61 Å². The quantitative estimate of drug-likeness (QED) is 0.328. The molecule has 0 saturated heterocycles. The van der Waals surface area contributed by atoms with Crippen molar-refractivity contribution < 1.29 is 14.3 Å². The Balaban J connectivity index is 1.37. The summed E-state index contributed by atoms with van der Waals surface area (Å²) in [5, 5.41) is 5.75. The van der Waals surface area contributed by atoms with Crippen LogP contribution >= 0.6 is 0 Å². The zero-order chi connectivity index (χ0) is 23.3. The smallest absolute Gasteiger partial charge is 0.327 e. The largest absolute Gasteiger partial charge is 0.487 e. The lowest BCUT2D eigenvalue weighted by molar-refractivity contribution is -0.141. The van der Waals surface area contributed by atoms with Crippen LogP contribution in [0.4, 0.5) is 0 Å². The van der Waals surface area contributed by atoms with Crippen LogP contribution in [0, 0.1) is 0 Å². The summed E-state index contributed by atoms with van der Waals surface area (Å²) in [4.78, 5) is 20.5. The molecule has 0 saturated carbocycles. The third-order valence-electron chi connectivity index (χ3n) is 5.44. The third-order valence-corrected chi connectivity index (χ3v) is 5.44. The van der Waals surface area contributed by atoms with Gasteiger partial charge in [0.2, 0.25) is 0 Å². The van der Waals surface area contributed by atoms with E-state index in [0.717, 1.165) is 44.7 Å². The van der Waals surface area contributed by atoms with E-state index >= 15 is 0 Å². The van der Waals surface area contributed by atoms with Gasteiger partial charge in [0.15, 0.2) is 0 Å². The van der Waals surface area contributed by atoms with Gasteiger partial charge in [-0.3, -0.25) is 14.5 Å².